The van der Waals surface area contributed by atoms with Gasteiger partial charge in [0.15, 0.2) is 0 Å². The van der Waals surface area contributed by atoms with Crippen LogP contribution in [0.3, 0.4) is 0 Å². The molecule has 0 saturated carbocycles. The SMILES string of the molecule is CC(C)OC1(C)C=CC(C)(O)/C=C\C=C/1. The topological polar surface area (TPSA) is 29.5 Å². The maximum Gasteiger partial charge on any atom is 0.102 e. The van der Waals surface area contributed by atoms with E-state index in [-0.39, 0.29) is 6.10 Å². The van der Waals surface area contributed by atoms with Gasteiger partial charge in [0.1, 0.15) is 5.60 Å². The Balaban J connectivity index is 2.92. The van der Waals surface area contributed by atoms with Crippen LogP contribution in [0, 0.1) is 0 Å². The second kappa shape index (κ2) is 4.33. The van der Waals surface area contributed by atoms with Crippen LogP contribution in [0.5, 0.6) is 0 Å². The van der Waals surface area contributed by atoms with Gasteiger partial charge < -0.3 is 9.84 Å². The molecule has 0 saturated heterocycles. The van der Waals surface area contributed by atoms with Crippen LogP contribution >= 0.6 is 0 Å². The standard InChI is InChI=1S/C13H20O2/c1-11(2)15-13(4)8-6-5-7-12(3,14)9-10-13/h5-11,14H,1-4H3/b7-5-,8-6-,10-9?. The summed E-state index contributed by atoms with van der Waals surface area (Å²) in [7, 11) is 0. The van der Waals surface area contributed by atoms with Gasteiger partial charge in [-0.25, -0.2) is 0 Å². The molecule has 2 heteroatoms. The molecular formula is C13H20O2. The van der Waals surface area contributed by atoms with Crippen LogP contribution in [0.15, 0.2) is 36.5 Å². The molecular weight excluding hydrogens is 188 g/mol. The van der Waals surface area contributed by atoms with E-state index in [2.05, 4.69) is 0 Å². The van der Waals surface area contributed by atoms with Gasteiger partial charge in [0.05, 0.1) is 11.7 Å². The monoisotopic (exact) mass is 208 g/mol. The molecule has 84 valence electrons. The minimum atomic E-state index is -0.896. The average molecular weight is 208 g/mol. The number of hydrogen-bond acceptors (Lipinski definition) is 2. The summed E-state index contributed by atoms with van der Waals surface area (Å²) in [6.07, 6.45) is 11.3. The van der Waals surface area contributed by atoms with Crippen LogP contribution in [0.4, 0.5) is 0 Å². The molecule has 0 aromatic carbocycles. The molecule has 0 amide bonds. The first-order chi connectivity index (χ1) is 6.83. The van der Waals surface area contributed by atoms with Gasteiger partial charge >= 0.3 is 0 Å². The van der Waals surface area contributed by atoms with Crippen LogP contribution in [-0.2, 0) is 4.74 Å². The first kappa shape index (κ1) is 12.2. The molecule has 15 heavy (non-hydrogen) atoms. The predicted octanol–water partition coefficient (Wildman–Crippen LogP) is 2.60. The van der Waals surface area contributed by atoms with Gasteiger partial charge in [0, 0.05) is 0 Å². The molecule has 0 aliphatic heterocycles. The number of hydrogen-bond donors (Lipinski definition) is 1. The zero-order chi connectivity index (χ0) is 11.5. The van der Waals surface area contributed by atoms with Gasteiger partial charge in [-0.3, -0.25) is 0 Å². The minimum absolute atomic E-state index is 0.151. The van der Waals surface area contributed by atoms with Crippen molar-refractivity contribution in [2.75, 3.05) is 0 Å². The van der Waals surface area contributed by atoms with Crippen molar-refractivity contribution in [2.45, 2.75) is 45.0 Å². The lowest BCUT2D eigenvalue weighted by atomic mass is 9.96. The molecule has 0 radical (unpaired) electrons. The largest absolute Gasteiger partial charge is 0.382 e. The number of ether oxygens (including phenoxy) is 1. The second-order valence-corrected chi connectivity index (χ2v) is 4.63. The molecule has 0 heterocycles. The fourth-order valence-electron chi connectivity index (χ4n) is 1.53. The number of allylic oxidation sites excluding steroid dienone is 2. The first-order valence-corrected chi connectivity index (χ1v) is 5.31. The Morgan fingerprint density at radius 3 is 2.20 bits per heavy atom. The van der Waals surface area contributed by atoms with Crippen molar-refractivity contribution in [3.05, 3.63) is 36.5 Å². The van der Waals surface area contributed by atoms with Crippen molar-refractivity contribution in [3.8, 4) is 0 Å². The molecule has 1 rings (SSSR count). The predicted molar refractivity (Wildman–Crippen MR) is 62.7 cm³/mol. The summed E-state index contributed by atoms with van der Waals surface area (Å²) in [5, 5.41) is 9.88. The molecule has 1 N–H and O–H groups in total. The van der Waals surface area contributed by atoms with Crippen LogP contribution in [0.2, 0.25) is 0 Å². The highest BCUT2D eigenvalue weighted by molar-refractivity contribution is 5.26. The molecule has 2 atom stereocenters. The van der Waals surface area contributed by atoms with Crippen molar-refractivity contribution >= 4 is 0 Å². The Kier molecular flexibility index (Phi) is 3.53. The second-order valence-electron chi connectivity index (χ2n) is 4.63. The Morgan fingerprint density at radius 1 is 1.00 bits per heavy atom. The van der Waals surface area contributed by atoms with Gasteiger partial charge in [-0.15, -0.1) is 0 Å². The molecule has 2 nitrogen and oxygen atoms in total. The van der Waals surface area contributed by atoms with E-state index in [9.17, 15) is 5.11 Å². The Hall–Kier alpha value is -0.860. The normalized spacial score (nSPS) is 39.9. The van der Waals surface area contributed by atoms with Crippen LogP contribution in [0.1, 0.15) is 27.7 Å². The summed E-state index contributed by atoms with van der Waals surface area (Å²) < 4.78 is 5.79. The highest BCUT2D eigenvalue weighted by atomic mass is 16.5. The third kappa shape index (κ3) is 4.02. The highest BCUT2D eigenvalue weighted by Crippen LogP contribution is 2.21. The number of rotatable bonds is 2. The molecule has 0 aromatic heterocycles. The summed E-state index contributed by atoms with van der Waals surface area (Å²) in [5.74, 6) is 0. The number of aliphatic hydroxyl groups is 1. The first-order valence-electron chi connectivity index (χ1n) is 5.31. The van der Waals surface area contributed by atoms with E-state index in [0.717, 1.165) is 0 Å². The van der Waals surface area contributed by atoms with Gasteiger partial charge in [-0.1, -0.05) is 24.3 Å². The van der Waals surface area contributed by atoms with Crippen molar-refractivity contribution in [2.24, 2.45) is 0 Å². The lowest BCUT2D eigenvalue weighted by Crippen LogP contribution is -2.29. The van der Waals surface area contributed by atoms with Crippen molar-refractivity contribution in [1.29, 1.82) is 0 Å². The smallest absolute Gasteiger partial charge is 0.102 e. The Bertz CT molecular complexity index is 298. The van der Waals surface area contributed by atoms with Gasteiger partial charge in [0.25, 0.3) is 0 Å². The van der Waals surface area contributed by atoms with Gasteiger partial charge in [-0.05, 0) is 39.8 Å². The Morgan fingerprint density at radius 2 is 1.60 bits per heavy atom. The van der Waals surface area contributed by atoms with Crippen LogP contribution < -0.4 is 0 Å². The molecule has 0 spiro atoms. The van der Waals surface area contributed by atoms with Gasteiger partial charge in [0.2, 0.25) is 0 Å². The van der Waals surface area contributed by atoms with Gasteiger partial charge in [-0.2, -0.15) is 0 Å². The van der Waals surface area contributed by atoms with E-state index in [1.165, 1.54) is 0 Å². The molecule has 1 aliphatic rings. The van der Waals surface area contributed by atoms with E-state index < -0.39 is 11.2 Å². The van der Waals surface area contributed by atoms with E-state index in [1.54, 1.807) is 19.1 Å². The summed E-state index contributed by atoms with van der Waals surface area (Å²) in [6.45, 7) is 7.73. The van der Waals surface area contributed by atoms with Crippen LogP contribution in [-0.4, -0.2) is 22.4 Å². The third-order valence-corrected chi connectivity index (χ3v) is 2.21. The quantitative estimate of drug-likeness (QED) is 0.707. The van der Waals surface area contributed by atoms with Crippen molar-refractivity contribution in [1.82, 2.24) is 0 Å². The maximum atomic E-state index is 9.88. The summed E-state index contributed by atoms with van der Waals surface area (Å²) in [6, 6.07) is 0. The van der Waals surface area contributed by atoms with Crippen LogP contribution in [0.25, 0.3) is 0 Å². The fraction of sp³-hybridized carbons (Fsp3) is 0.538. The minimum Gasteiger partial charge on any atom is -0.382 e. The summed E-state index contributed by atoms with van der Waals surface area (Å²) in [5.41, 5.74) is -1.34. The van der Waals surface area contributed by atoms with Crippen molar-refractivity contribution in [3.63, 3.8) is 0 Å². The lowest BCUT2D eigenvalue weighted by molar-refractivity contribution is -0.00486. The van der Waals surface area contributed by atoms with E-state index in [4.69, 9.17) is 4.74 Å². The molecule has 2 unspecified atom stereocenters. The van der Waals surface area contributed by atoms with Crippen molar-refractivity contribution < 1.29 is 9.84 Å². The third-order valence-electron chi connectivity index (χ3n) is 2.21. The summed E-state index contributed by atoms with van der Waals surface area (Å²) in [4.78, 5) is 0. The molecule has 0 aromatic rings. The molecule has 0 bridgehead atoms. The fourth-order valence-corrected chi connectivity index (χ4v) is 1.53. The Labute approximate surface area is 92.0 Å². The van der Waals surface area contributed by atoms with E-state index in [1.807, 2.05) is 45.1 Å². The average Bonchev–Trinajstić information content (AvgIpc) is 2.07. The zero-order valence-electron chi connectivity index (χ0n) is 9.90. The molecule has 0 fully saturated rings. The maximum absolute atomic E-state index is 9.88. The highest BCUT2D eigenvalue weighted by Gasteiger charge is 2.22. The van der Waals surface area contributed by atoms with E-state index >= 15 is 0 Å². The lowest BCUT2D eigenvalue weighted by Gasteiger charge is -2.28. The van der Waals surface area contributed by atoms with E-state index in [0.29, 0.717) is 0 Å². The zero-order valence-corrected chi connectivity index (χ0v) is 9.90. The summed E-state index contributed by atoms with van der Waals surface area (Å²) >= 11 is 0. The molecule has 1 aliphatic carbocycles.